The molecule has 2 aliphatic rings. The van der Waals surface area contributed by atoms with Crippen LogP contribution in [0.3, 0.4) is 0 Å². The van der Waals surface area contributed by atoms with E-state index in [0.29, 0.717) is 32.6 Å². The van der Waals surface area contributed by atoms with Gasteiger partial charge in [0.2, 0.25) is 0 Å². The van der Waals surface area contributed by atoms with E-state index in [1.54, 1.807) is 48.5 Å². The first-order valence-electron chi connectivity index (χ1n) is 10.9. The van der Waals surface area contributed by atoms with Gasteiger partial charge in [-0.2, -0.15) is 0 Å². The molecule has 1 spiro atoms. The number of benzene rings is 3. The molecule has 0 aliphatic carbocycles. The lowest BCUT2D eigenvalue weighted by Crippen LogP contribution is -2.54. The van der Waals surface area contributed by atoms with Gasteiger partial charge in [-0.05, 0) is 48.9 Å². The Morgan fingerprint density at radius 1 is 1.11 bits per heavy atom. The number of halogens is 3. The Bertz CT molecular complexity index is 1350. The van der Waals surface area contributed by atoms with Crippen molar-refractivity contribution >= 4 is 50.7 Å². The molecule has 10 heteroatoms. The molecule has 0 unspecified atom stereocenters. The summed E-state index contributed by atoms with van der Waals surface area (Å²) in [5.74, 6) is -0.584. The van der Waals surface area contributed by atoms with E-state index < -0.39 is 29.4 Å². The number of hydrogen-bond donors (Lipinski definition) is 2. The third kappa shape index (κ3) is 3.98. The fourth-order valence-electron chi connectivity index (χ4n) is 5.22. The first-order chi connectivity index (χ1) is 16.7. The first kappa shape index (κ1) is 24.1. The molecule has 4 atom stereocenters. The van der Waals surface area contributed by atoms with Crippen LogP contribution in [-0.2, 0) is 16.9 Å². The molecular formula is C25H20BrCl2N3O4. The molecule has 180 valence electrons. The monoisotopic (exact) mass is 575 g/mol. The SMILES string of the molecule is C[C@@H]1N[C@]2(C(=O)Nc3ccccc32)[C@@H]([N+](=O)[O-])[C@@H]1c1cc(Br)ccc1OCc1ccc(Cl)c(Cl)c1. The highest BCUT2D eigenvalue weighted by atomic mass is 79.9. The molecule has 1 saturated heterocycles. The van der Waals surface area contributed by atoms with Crippen LogP contribution in [0, 0.1) is 10.1 Å². The van der Waals surface area contributed by atoms with Gasteiger partial charge in [-0.15, -0.1) is 0 Å². The lowest BCUT2D eigenvalue weighted by Gasteiger charge is -2.26. The molecule has 3 aromatic carbocycles. The lowest BCUT2D eigenvalue weighted by atomic mass is 9.78. The van der Waals surface area contributed by atoms with E-state index in [9.17, 15) is 14.9 Å². The number of amides is 1. The van der Waals surface area contributed by atoms with E-state index in [-0.39, 0.29) is 11.5 Å². The fraction of sp³-hybridized carbons (Fsp3) is 0.240. The van der Waals surface area contributed by atoms with Crippen molar-refractivity contribution < 1.29 is 14.5 Å². The van der Waals surface area contributed by atoms with Gasteiger partial charge in [0.15, 0.2) is 5.54 Å². The van der Waals surface area contributed by atoms with Crippen molar-refractivity contribution in [3.05, 3.63) is 102 Å². The number of nitro groups is 1. The number of nitrogens with one attached hydrogen (secondary N) is 2. The first-order valence-corrected chi connectivity index (χ1v) is 12.5. The number of hydrogen-bond acceptors (Lipinski definition) is 5. The number of anilines is 1. The molecule has 3 aromatic rings. The number of carbonyl (C=O) groups is 1. The number of carbonyl (C=O) groups excluding carboxylic acids is 1. The Labute approximate surface area is 220 Å². The molecule has 0 aromatic heterocycles. The van der Waals surface area contributed by atoms with Gasteiger partial charge < -0.3 is 10.1 Å². The van der Waals surface area contributed by atoms with Gasteiger partial charge in [-0.1, -0.05) is 63.4 Å². The lowest BCUT2D eigenvalue weighted by molar-refractivity contribution is -0.532. The second kappa shape index (κ2) is 9.09. The summed E-state index contributed by atoms with van der Waals surface area (Å²) >= 11 is 15.6. The predicted molar refractivity (Wildman–Crippen MR) is 138 cm³/mol. The number of ether oxygens (including phenoxy) is 1. The Hall–Kier alpha value is -2.65. The molecule has 0 radical (unpaired) electrons. The molecular weight excluding hydrogens is 557 g/mol. The summed E-state index contributed by atoms with van der Waals surface area (Å²) in [7, 11) is 0. The van der Waals surface area contributed by atoms with Crippen LogP contribution in [0.5, 0.6) is 5.75 Å². The van der Waals surface area contributed by atoms with Crippen molar-refractivity contribution in [2.45, 2.75) is 37.1 Å². The second-order valence-corrected chi connectivity index (χ2v) is 10.4. The average molecular weight is 577 g/mol. The summed E-state index contributed by atoms with van der Waals surface area (Å²) < 4.78 is 6.89. The maximum absolute atomic E-state index is 13.3. The molecule has 1 fully saturated rings. The van der Waals surface area contributed by atoms with Gasteiger partial charge in [0.25, 0.3) is 11.9 Å². The Kier molecular flexibility index (Phi) is 6.25. The van der Waals surface area contributed by atoms with Crippen molar-refractivity contribution in [2.24, 2.45) is 0 Å². The third-order valence-corrected chi connectivity index (χ3v) is 7.90. The van der Waals surface area contributed by atoms with Crippen LogP contribution >= 0.6 is 39.1 Å². The molecule has 35 heavy (non-hydrogen) atoms. The summed E-state index contributed by atoms with van der Waals surface area (Å²) in [5.41, 5.74) is 1.10. The molecule has 0 saturated carbocycles. The van der Waals surface area contributed by atoms with Crippen LogP contribution in [0.2, 0.25) is 10.0 Å². The van der Waals surface area contributed by atoms with E-state index in [1.165, 1.54) is 0 Å². The number of rotatable bonds is 5. The summed E-state index contributed by atoms with van der Waals surface area (Å²) in [5, 5.41) is 19.6. The maximum Gasteiger partial charge on any atom is 0.256 e. The minimum atomic E-state index is -1.49. The quantitative estimate of drug-likeness (QED) is 0.291. The maximum atomic E-state index is 13.3. The van der Waals surface area contributed by atoms with Crippen molar-refractivity contribution in [1.29, 1.82) is 0 Å². The van der Waals surface area contributed by atoms with Crippen molar-refractivity contribution in [2.75, 3.05) is 5.32 Å². The van der Waals surface area contributed by atoms with Crippen LogP contribution < -0.4 is 15.4 Å². The topological polar surface area (TPSA) is 93.5 Å². The highest BCUT2D eigenvalue weighted by Crippen LogP contribution is 2.51. The van der Waals surface area contributed by atoms with Crippen LogP contribution in [0.4, 0.5) is 5.69 Å². The van der Waals surface area contributed by atoms with Crippen molar-refractivity contribution in [3.8, 4) is 5.75 Å². The summed E-state index contributed by atoms with van der Waals surface area (Å²) in [6.45, 7) is 2.05. The smallest absolute Gasteiger partial charge is 0.256 e. The van der Waals surface area contributed by atoms with E-state index in [4.69, 9.17) is 27.9 Å². The van der Waals surface area contributed by atoms with Gasteiger partial charge in [0.1, 0.15) is 12.4 Å². The number of para-hydroxylation sites is 1. The number of fused-ring (bicyclic) bond motifs is 2. The third-order valence-electron chi connectivity index (χ3n) is 6.67. The van der Waals surface area contributed by atoms with E-state index in [0.717, 1.165) is 10.0 Å². The second-order valence-electron chi connectivity index (χ2n) is 8.72. The Morgan fingerprint density at radius 3 is 2.63 bits per heavy atom. The zero-order valence-corrected chi connectivity index (χ0v) is 21.5. The Balaban J connectivity index is 1.56. The molecule has 0 bridgehead atoms. The molecule has 2 N–H and O–H groups in total. The highest BCUT2D eigenvalue weighted by molar-refractivity contribution is 9.10. The van der Waals surface area contributed by atoms with Gasteiger partial charge in [-0.3, -0.25) is 20.2 Å². The molecule has 2 aliphatic heterocycles. The predicted octanol–water partition coefficient (Wildman–Crippen LogP) is 5.90. The van der Waals surface area contributed by atoms with E-state index in [1.807, 2.05) is 19.1 Å². The van der Waals surface area contributed by atoms with Crippen molar-refractivity contribution in [1.82, 2.24) is 5.32 Å². The van der Waals surface area contributed by atoms with Crippen molar-refractivity contribution in [3.63, 3.8) is 0 Å². The standard InChI is InChI=1S/C25H20BrCl2N3O4/c1-13-22(23(31(33)34)25(30-13)17-4-2-3-5-20(17)29-24(25)32)16-11-15(26)7-9-21(16)35-12-14-6-8-18(27)19(28)10-14/h2-11,13,22-23,30H,12H2,1H3,(H,29,32)/t13-,22-,23-,25-/m0/s1. The zero-order valence-electron chi connectivity index (χ0n) is 18.4. The van der Waals surface area contributed by atoms with Crippen LogP contribution in [0.15, 0.2) is 65.1 Å². The largest absolute Gasteiger partial charge is 0.489 e. The molecule has 5 rings (SSSR count). The summed E-state index contributed by atoms with van der Waals surface area (Å²) in [4.78, 5) is 25.5. The fourth-order valence-corrected chi connectivity index (χ4v) is 5.92. The van der Waals surface area contributed by atoms with Gasteiger partial charge in [0.05, 0.1) is 16.0 Å². The number of nitrogens with zero attached hydrogens (tertiary/aromatic N) is 1. The van der Waals surface area contributed by atoms with E-state index >= 15 is 0 Å². The summed E-state index contributed by atoms with van der Waals surface area (Å²) in [6, 6.07) is 16.0. The average Bonchev–Trinajstić information content (AvgIpc) is 3.29. The van der Waals surface area contributed by atoms with Crippen LogP contribution in [-0.4, -0.2) is 22.9 Å². The summed E-state index contributed by atoms with van der Waals surface area (Å²) in [6.07, 6.45) is 0. The highest BCUT2D eigenvalue weighted by Gasteiger charge is 2.68. The minimum Gasteiger partial charge on any atom is -0.489 e. The van der Waals surface area contributed by atoms with Gasteiger partial charge in [-0.25, -0.2) is 0 Å². The van der Waals surface area contributed by atoms with Gasteiger partial charge >= 0.3 is 0 Å². The van der Waals surface area contributed by atoms with Crippen LogP contribution in [0.1, 0.15) is 29.5 Å². The van der Waals surface area contributed by atoms with E-state index in [2.05, 4.69) is 26.6 Å². The Morgan fingerprint density at radius 2 is 1.89 bits per heavy atom. The minimum absolute atomic E-state index is 0.192. The van der Waals surface area contributed by atoms with Crippen LogP contribution in [0.25, 0.3) is 0 Å². The molecule has 2 heterocycles. The van der Waals surface area contributed by atoms with Gasteiger partial charge in [0, 0.05) is 32.3 Å². The molecule has 1 amide bonds. The zero-order chi connectivity index (χ0) is 24.9. The molecule has 7 nitrogen and oxygen atoms in total. The normalized spacial score (nSPS) is 24.9.